The Morgan fingerprint density at radius 2 is 2.18 bits per heavy atom. The molecule has 2 aromatic rings. The normalized spacial score (nSPS) is 10.6. The van der Waals surface area contributed by atoms with Gasteiger partial charge in [0, 0.05) is 11.9 Å². The quantitative estimate of drug-likeness (QED) is 0.569. The molecule has 0 aliphatic carbocycles. The Bertz CT molecular complexity index is 561. The first kappa shape index (κ1) is 11.7. The van der Waals surface area contributed by atoms with Crippen LogP contribution >= 0.6 is 0 Å². The molecule has 3 heteroatoms. The van der Waals surface area contributed by atoms with E-state index in [1.807, 2.05) is 23.9 Å². The van der Waals surface area contributed by atoms with Crippen molar-refractivity contribution in [1.29, 1.82) is 0 Å². The monoisotopic (exact) mass is 227 g/mol. The van der Waals surface area contributed by atoms with E-state index in [-0.39, 0.29) is 0 Å². The second kappa shape index (κ2) is 5.01. The van der Waals surface area contributed by atoms with E-state index in [4.69, 9.17) is 6.57 Å². The molecule has 0 spiro atoms. The lowest BCUT2D eigenvalue weighted by molar-refractivity contribution is 0.567. The zero-order chi connectivity index (χ0) is 12.3. The van der Waals surface area contributed by atoms with Crippen LogP contribution in [-0.2, 0) is 6.54 Å². The van der Waals surface area contributed by atoms with Crippen molar-refractivity contribution >= 4 is 16.6 Å². The second-order valence-electron chi connectivity index (χ2n) is 4.38. The first-order valence-corrected chi connectivity index (χ1v) is 6.10. The predicted molar refractivity (Wildman–Crippen MR) is 70.3 cm³/mol. The van der Waals surface area contributed by atoms with Gasteiger partial charge in [0.2, 0.25) is 0 Å². The molecule has 0 aliphatic rings. The Labute approximate surface area is 102 Å². The van der Waals surface area contributed by atoms with Crippen LogP contribution in [0.3, 0.4) is 0 Å². The van der Waals surface area contributed by atoms with Gasteiger partial charge in [-0.25, -0.2) is 4.85 Å². The Balaban J connectivity index is 2.34. The molecule has 0 saturated heterocycles. The van der Waals surface area contributed by atoms with Gasteiger partial charge < -0.3 is 0 Å². The summed E-state index contributed by atoms with van der Waals surface area (Å²) in [6, 6.07) is 4.00. The van der Waals surface area contributed by atoms with Crippen LogP contribution in [-0.4, -0.2) is 9.78 Å². The summed E-state index contributed by atoms with van der Waals surface area (Å²) in [6.45, 7) is 12.3. The van der Waals surface area contributed by atoms with Crippen LogP contribution in [0.15, 0.2) is 18.3 Å². The number of nitrogens with zero attached hydrogens (tertiary/aromatic N) is 3. The lowest BCUT2D eigenvalue weighted by Gasteiger charge is -2.04. The number of unbranched alkanes of at least 4 members (excludes halogenated alkanes) is 2. The first-order chi connectivity index (χ1) is 8.26. The molecule has 1 aromatic heterocycles. The van der Waals surface area contributed by atoms with Crippen molar-refractivity contribution in [3.63, 3.8) is 0 Å². The molecule has 0 amide bonds. The van der Waals surface area contributed by atoms with Crippen LogP contribution in [0, 0.1) is 13.5 Å². The number of benzene rings is 1. The van der Waals surface area contributed by atoms with Crippen LogP contribution in [0.2, 0.25) is 0 Å². The minimum atomic E-state index is 0.727. The number of rotatable bonds is 4. The fourth-order valence-electron chi connectivity index (χ4n) is 2.03. The third-order valence-electron chi connectivity index (χ3n) is 3.05. The largest absolute Gasteiger partial charge is 0.265 e. The maximum absolute atomic E-state index is 7.10. The fourth-order valence-corrected chi connectivity index (χ4v) is 2.03. The van der Waals surface area contributed by atoms with Crippen LogP contribution in [0.1, 0.15) is 31.7 Å². The third kappa shape index (κ3) is 2.31. The molecule has 0 fully saturated rings. The molecule has 0 N–H and O–H groups in total. The van der Waals surface area contributed by atoms with Gasteiger partial charge in [-0.15, -0.1) is 0 Å². The van der Waals surface area contributed by atoms with E-state index in [9.17, 15) is 0 Å². The number of fused-ring (bicyclic) bond motifs is 1. The van der Waals surface area contributed by atoms with Gasteiger partial charge in [-0.05, 0) is 31.0 Å². The molecule has 0 aliphatic heterocycles. The Morgan fingerprint density at radius 1 is 1.35 bits per heavy atom. The molecule has 0 atom stereocenters. The van der Waals surface area contributed by atoms with Gasteiger partial charge in [-0.3, -0.25) is 4.68 Å². The lowest BCUT2D eigenvalue weighted by Crippen LogP contribution is -1.99. The van der Waals surface area contributed by atoms with E-state index >= 15 is 0 Å². The third-order valence-corrected chi connectivity index (χ3v) is 3.05. The van der Waals surface area contributed by atoms with Crippen LogP contribution in [0.4, 0.5) is 5.69 Å². The van der Waals surface area contributed by atoms with Crippen molar-refractivity contribution in [3.8, 4) is 0 Å². The van der Waals surface area contributed by atoms with Gasteiger partial charge in [0.05, 0.1) is 18.3 Å². The molecule has 0 bridgehead atoms. The summed E-state index contributed by atoms with van der Waals surface area (Å²) >= 11 is 0. The molecule has 3 nitrogen and oxygen atoms in total. The van der Waals surface area contributed by atoms with E-state index in [1.165, 1.54) is 12.8 Å². The molecule has 0 radical (unpaired) electrons. The number of hydrogen-bond donors (Lipinski definition) is 0. The predicted octanol–water partition coefficient (Wildman–Crippen LogP) is 4.09. The van der Waals surface area contributed by atoms with Gasteiger partial charge in [-0.1, -0.05) is 19.8 Å². The van der Waals surface area contributed by atoms with Crippen molar-refractivity contribution in [3.05, 3.63) is 35.3 Å². The summed E-state index contributed by atoms with van der Waals surface area (Å²) in [5.41, 5.74) is 2.90. The van der Waals surface area contributed by atoms with Crippen molar-refractivity contribution in [2.75, 3.05) is 0 Å². The van der Waals surface area contributed by atoms with E-state index < -0.39 is 0 Å². The van der Waals surface area contributed by atoms with Crippen LogP contribution < -0.4 is 0 Å². The SMILES string of the molecule is [C-]#[N+]c1cc2cnn(CCCCC)c2cc1C. The van der Waals surface area contributed by atoms with Crippen molar-refractivity contribution in [1.82, 2.24) is 9.78 Å². The molecule has 17 heavy (non-hydrogen) atoms. The second-order valence-corrected chi connectivity index (χ2v) is 4.38. The Morgan fingerprint density at radius 3 is 2.88 bits per heavy atom. The van der Waals surface area contributed by atoms with Gasteiger partial charge in [0.1, 0.15) is 0 Å². The van der Waals surface area contributed by atoms with E-state index in [0.717, 1.165) is 35.1 Å². The van der Waals surface area contributed by atoms with Crippen molar-refractivity contribution in [2.45, 2.75) is 39.7 Å². The van der Waals surface area contributed by atoms with E-state index in [0.29, 0.717) is 0 Å². The molecular weight excluding hydrogens is 210 g/mol. The zero-order valence-corrected chi connectivity index (χ0v) is 10.4. The average molecular weight is 227 g/mol. The molecule has 1 aromatic carbocycles. The minimum Gasteiger partial charge on any atom is -0.265 e. The summed E-state index contributed by atoms with van der Waals surface area (Å²) in [6.07, 6.45) is 5.48. The molecule has 2 rings (SSSR count). The molecule has 0 saturated carbocycles. The lowest BCUT2D eigenvalue weighted by atomic mass is 10.1. The Hall–Kier alpha value is -1.82. The Kier molecular flexibility index (Phi) is 3.43. The van der Waals surface area contributed by atoms with Crippen LogP contribution in [0.5, 0.6) is 0 Å². The van der Waals surface area contributed by atoms with E-state index in [2.05, 4.69) is 22.9 Å². The summed E-state index contributed by atoms with van der Waals surface area (Å²) < 4.78 is 2.05. The zero-order valence-electron chi connectivity index (χ0n) is 10.4. The molecular formula is C14H17N3. The maximum Gasteiger partial charge on any atom is 0.190 e. The molecule has 1 heterocycles. The number of aromatic nitrogens is 2. The highest BCUT2D eigenvalue weighted by atomic mass is 15.3. The summed E-state index contributed by atoms with van der Waals surface area (Å²) in [7, 11) is 0. The minimum absolute atomic E-state index is 0.727. The highest BCUT2D eigenvalue weighted by Gasteiger charge is 2.06. The molecule has 0 unspecified atom stereocenters. The highest BCUT2D eigenvalue weighted by molar-refractivity contribution is 5.84. The topological polar surface area (TPSA) is 22.2 Å². The van der Waals surface area contributed by atoms with Crippen LogP contribution in [0.25, 0.3) is 15.7 Å². The average Bonchev–Trinajstić information content (AvgIpc) is 2.71. The maximum atomic E-state index is 7.10. The van der Waals surface area contributed by atoms with Gasteiger partial charge in [0.25, 0.3) is 0 Å². The van der Waals surface area contributed by atoms with Gasteiger partial charge in [0.15, 0.2) is 5.69 Å². The highest BCUT2D eigenvalue weighted by Crippen LogP contribution is 2.25. The smallest absolute Gasteiger partial charge is 0.190 e. The van der Waals surface area contributed by atoms with Gasteiger partial charge >= 0.3 is 0 Å². The van der Waals surface area contributed by atoms with E-state index in [1.54, 1.807) is 0 Å². The number of aryl methyl sites for hydroxylation is 2. The first-order valence-electron chi connectivity index (χ1n) is 6.10. The molecule has 88 valence electrons. The van der Waals surface area contributed by atoms with Gasteiger partial charge in [-0.2, -0.15) is 5.10 Å². The van der Waals surface area contributed by atoms with Crippen molar-refractivity contribution in [2.24, 2.45) is 0 Å². The van der Waals surface area contributed by atoms with Crippen molar-refractivity contribution < 1.29 is 0 Å². The summed E-state index contributed by atoms with van der Waals surface area (Å²) in [4.78, 5) is 3.52. The fraction of sp³-hybridized carbons (Fsp3) is 0.429. The standard InChI is InChI=1S/C14H17N3/c1-4-5-6-7-17-14-8-11(2)13(15-3)9-12(14)10-16-17/h8-10H,4-7H2,1-2H3. The summed E-state index contributed by atoms with van der Waals surface area (Å²) in [5.74, 6) is 0. The number of hydrogen-bond acceptors (Lipinski definition) is 1. The summed E-state index contributed by atoms with van der Waals surface area (Å²) in [5, 5.41) is 5.47.